The van der Waals surface area contributed by atoms with Crippen LogP contribution in [0.5, 0.6) is 0 Å². The maximum atomic E-state index is 11.7. The van der Waals surface area contributed by atoms with Crippen molar-refractivity contribution in [1.29, 1.82) is 0 Å². The lowest BCUT2D eigenvalue weighted by molar-refractivity contribution is 0.101. The van der Waals surface area contributed by atoms with Crippen LogP contribution in [0.4, 0.5) is 0 Å². The molecule has 0 aliphatic carbocycles. The number of carbonyl (C=O) groups excluding carboxylic acids is 1. The third-order valence-electron chi connectivity index (χ3n) is 2.03. The highest BCUT2D eigenvalue weighted by molar-refractivity contribution is 5.93. The first-order chi connectivity index (χ1) is 6.57. The maximum Gasteiger partial charge on any atom is 0.263 e. The summed E-state index contributed by atoms with van der Waals surface area (Å²) in [4.78, 5) is 22.8. The van der Waals surface area contributed by atoms with Crippen LogP contribution < -0.4 is 5.56 Å². The predicted octanol–water partition coefficient (Wildman–Crippen LogP) is 0.963. The summed E-state index contributed by atoms with van der Waals surface area (Å²) in [6.07, 6.45) is 0. The molecule has 0 spiro atoms. The molecule has 0 N–H and O–H groups in total. The molecule has 1 aromatic rings. The fourth-order valence-electron chi connectivity index (χ4n) is 1.23. The van der Waals surface area contributed by atoms with Crippen molar-refractivity contribution < 1.29 is 9.53 Å². The normalized spacial score (nSPS) is 10.2. The minimum Gasteiger partial charge on any atom is -0.364 e. The summed E-state index contributed by atoms with van der Waals surface area (Å²) in [7, 11) is 1.51. The molecule has 76 valence electrons. The number of ketones is 1. The molecule has 0 amide bonds. The van der Waals surface area contributed by atoms with E-state index in [0.717, 1.165) is 5.69 Å². The Morgan fingerprint density at radius 3 is 2.64 bits per heavy atom. The van der Waals surface area contributed by atoms with Crippen molar-refractivity contribution >= 4 is 5.78 Å². The summed E-state index contributed by atoms with van der Waals surface area (Å²) in [6.45, 7) is 3.35. The van der Waals surface area contributed by atoms with Gasteiger partial charge in [0.1, 0.15) is 6.73 Å². The SMILES string of the molecule is COCn1c(C)ccc(C(C)=O)c1=O. The minimum absolute atomic E-state index is 0.172. The van der Waals surface area contributed by atoms with Crippen molar-refractivity contribution in [2.75, 3.05) is 7.11 Å². The molecular formula is C10H13NO3. The number of ether oxygens (including phenoxy) is 1. The number of hydrogen-bond donors (Lipinski definition) is 0. The van der Waals surface area contributed by atoms with Gasteiger partial charge in [0.05, 0.1) is 5.56 Å². The number of aromatic nitrogens is 1. The first-order valence-corrected chi connectivity index (χ1v) is 4.28. The van der Waals surface area contributed by atoms with Crippen LogP contribution in [0.2, 0.25) is 0 Å². The Bertz CT molecular complexity index is 406. The number of rotatable bonds is 3. The molecule has 0 bridgehead atoms. The van der Waals surface area contributed by atoms with Crippen LogP contribution in [0.1, 0.15) is 23.0 Å². The van der Waals surface area contributed by atoms with Crippen LogP contribution in [-0.4, -0.2) is 17.5 Å². The lowest BCUT2D eigenvalue weighted by atomic mass is 10.2. The van der Waals surface area contributed by atoms with Crippen LogP contribution in [0, 0.1) is 6.92 Å². The molecule has 0 aliphatic heterocycles. The van der Waals surface area contributed by atoms with Crippen molar-refractivity contribution in [2.45, 2.75) is 20.6 Å². The van der Waals surface area contributed by atoms with Crippen molar-refractivity contribution in [3.63, 3.8) is 0 Å². The minimum atomic E-state index is -0.292. The van der Waals surface area contributed by atoms with Crippen molar-refractivity contribution in [2.24, 2.45) is 0 Å². The van der Waals surface area contributed by atoms with Crippen molar-refractivity contribution in [1.82, 2.24) is 4.57 Å². The lowest BCUT2D eigenvalue weighted by Gasteiger charge is -2.09. The number of carbonyl (C=O) groups is 1. The zero-order valence-electron chi connectivity index (χ0n) is 8.53. The summed E-state index contributed by atoms with van der Waals surface area (Å²) in [5.74, 6) is -0.222. The molecule has 0 atom stereocenters. The molecular weight excluding hydrogens is 182 g/mol. The Kier molecular flexibility index (Phi) is 3.19. The standard InChI is InChI=1S/C10H13NO3/c1-7-4-5-9(8(2)12)10(13)11(7)6-14-3/h4-5H,6H2,1-3H3. The van der Waals surface area contributed by atoms with E-state index in [4.69, 9.17) is 4.74 Å². The molecule has 0 aliphatic rings. The summed E-state index contributed by atoms with van der Waals surface area (Å²) in [5.41, 5.74) is 0.689. The zero-order chi connectivity index (χ0) is 10.7. The predicted molar refractivity (Wildman–Crippen MR) is 52.5 cm³/mol. The van der Waals surface area contributed by atoms with Gasteiger partial charge in [-0.05, 0) is 26.0 Å². The molecule has 0 fully saturated rings. The second-order valence-corrected chi connectivity index (χ2v) is 3.10. The highest BCUT2D eigenvalue weighted by Crippen LogP contribution is 1.99. The van der Waals surface area contributed by atoms with Gasteiger partial charge in [-0.25, -0.2) is 0 Å². The number of hydrogen-bond acceptors (Lipinski definition) is 3. The quantitative estimate of drug-likeness (QED) is 0.675. The summed E-state index contributed by atoms with van der Waals surface area (Å²) >= 11 is 0. The first-order valence-electron chi connectivity index (χ1n) is 4.28. The molecule has 0 unspecified atom stereocenters. The van der Waals surface area contributed by atoms with E-state index >= 15 is 0 Å². The summed E-state index contributed by atoms with van der Waals surface area (Å²) in [5, 5.41) is 0. The van der Waals surface area contributed by atoms with Gasteiger partial charge >= 0.3 is 0 Å². The average Bonchev–Trinajstić information content (AvgIpc) is 2.11. The van der Waals surface area contributed by atoms with Crippen LogP contribution in [-0.2, 0) is 11.5 Å². The molecule has 0 aromatic carbocycles. The smallest absolute Gasteiger partial charge is 0.263 e. The number of methoxy groups -OCH3 is 1. The Morgan fingerprint density at radius 1 is 1.50 bits per heavy atom. The van der Waals surface area contributed by atoms with Gasteiger partial charge in [0.2, 0.25) is 0 Å². The number of Topliss-reactive ketones (excluding diaryl/α,β-unsaturated/α-hetero) is 1. The largest absolute Gasteiger partial charge is 0.364 e. The molecule has 4 nitrogen and oxygen atoms in total. The second kappa shape index (κ2) is 4.19. The monoisotopic (exact) mass is 195 g/mol. The van der Waals surface area contributed by atoms with Crippen LogP contribution in [0.3, 0.4) is 0 Å². The van der Waals surface area contributed by atoms with Gasteiger partial charge in [0.25, 0.3) is 5.56 Å². The van der Waals surface area contributed by atoms with Gasteiger partial charge in [0, 0.05) is 12.8 Å². The Morgan fingerprint density at radius 2 is 2.14 bits per heavy atom. The van der Waals surface area contributed by atoms with Gasteiger partial charge in [-0.2, -0.15) is 0 Å². The first kappa shape index (κ1) is 10.7. The summed E-state index contributed by atoms with van der Waals surface area (Å²) in [6, 6.07) is 3.28. The zero-order valence-corrected chi connectivity index (χ0v) is 8.53. The average molecular weight is 195 g/mol. The number of aryl methyl sites for hydroxylation is 1. The van der Waals surface area contributed by atoms with Gasteiger partial charge in [-0.1, -0.05) is 0 Å². The van der Waals surface area contributed by atoms with Crippen LogP contribution >= 0.6 is 0 Å². The van der Waals surface area contributed by atoms with E-state index in [1.807, 2.05) is 0 Å². The highest BCUT2D eigenvalue weighted by atomic mass is 16.5. The molecule has 0 saturated heterocycles. The Balaban J connectivity index is 3.34. The molecule has 4 heteroatoms. The van der Waals surface area contributed by atoms with E-state index in [1.54, 1.807) is 19.1 Å². The third-order valence-corrected chi connectivity index (χ3v) is 2.03. The Hall–Kier alpha value is -1.42. The van der Waals surface area contributed by atoms with Gasteiger partial charge in [0.15, 0.2) is 5.78 Å². The number of pyridine rings is 1. The number of nitrogens with zero attached hydrogens (tertiary/aromatic N) is 1. The molecule has 1 heterocycles. The van der Waals surface area contributed by atoms with Gasteiger partial charge < -0.3 is 4.74 Å². The van der Waals surface area contributed by atoms with Crippen molar-refractivity contribution in [3.8, 4) is 0 Å². The molecule has 0 saturated carbocycles. The van der Waals surface area contributed by atoms with E-state index < -0.39 is 0 Å². The fourth-order valence-corrected chi connectivity index (χ4v) is 1.23. The molecule has 14 heavy (non-hydrogen) atoms. The maximum absolute atomic E-state index is 11.7. The van der Waals surface area contributed by atoms with Gasteiger partial charge in [-0.3, -0.25) is 14.2 Å². The summed E-state index contributed by atoms with van der Waals surface area (Å²) < 4.78 is 6.30. The van der Waals surface area contributed by atoms with Crippen molar-refractivity contribution in [3.05, 3.63) is 33.7 Å². The lowest BCUT2D eigenvalue weighted by Crippen LogP contribution is -2.27. The Labute approximate surface area is 82.1 Å². The highest BCUT2D eigenvalue weighted by Gasteiger charge is 2.08. The second-order valence-electron chi connectivity index (χ2n) is 3.10. The van der Waals surface area contributed by atoms with Crippen LogP contribution in [0.15, 0.2) is 16.9 Å². The van der Waals surface area contributed by atoms with E-state index in [0.29, 0.717) is 0 Å². The fraction of sp³-hybridized carbons (Fsp3) is 0.400. The third kappa shape index (κ3) is 1.90. The van der Waals surface area contributed by atoms with E-state index in [2.05, 4.69) is 0 Å². The van der Waals surface area contributed by atoms with Crippen LogP contribution in [0.25, 0.3) is 0 Å². The molecule has 1 rings (SSSR count). The van der Waals surface area contributed by atoms with E-state index in [1.165, 1.54) is 18.6 Å². The van der Waals surface area contributed by atoms with E-state index in [9.17, 15) is 9.59 Å². The molecule has 1 aromatic heterocycles. The van der Waals surface area contributed by atoms with E-state index in [-0.39, 0.29) is 23.6 Å². The van der Waals surface area contributed by atoms with Gasteiger partial charge in [-0.15, -0.1) is 0 Å². The molecule has 0 radical (unpaired) electrons. The topological polar surface area (TPSA) is 48.3 Å².